The van der Waals surface area contributed by atoms with Gasteiger partial charge in [-0.25, -0.2) is 0 Å². The fourth-order valence-electron chi connectivity index (χ4n) is 1.14. The second-order valence-corrected chi connectivity index (χ2v) is 6.64. The van der Waals surface area contributed by atoms with E-state index >= 15 is 0 Å². The molecule has 2 heterocycles. The summed E-state index contributed by atoms with van der Waals surface area (Å²) in [7, 11) is 0. The van der Waals surface area contributed by atoms with Crippen LogP contribution in [-0.4, -0.2) is 50.3 Å². The Bertz CT molecular complexity index is 418. The van der Waals surface area contributed by atoms with E-state index in [1.807, 2.05) is 0 Å². The van der Waals surface area contributed by atoms with E-state index in [1.165, 1.54) is 22.3 Å². The quantitative estimate of drug-likeness (QED) is 0.789. The van der Waals surface area contributed by atoms with Crippen LogP contribution >= 0.6 is 0 Å². The summed E-state index contributed by atoms with van der Waals surface area (Å²) < 4.78 is 38.4. The Hall–Kier alpha value is -0.391. The maximum absolute atomic E-state index is 13.0. The van der Waals surface area contributed by atoms with E-state index in [0.717, 1.165) is 0 Å². The molecule has 0 spiro atoms. The molecule has 0 saturated carbocycles. The third kappa shape index (κ3) is 1.81. The number of halogens is 3. The minimum atomic E-state index is -4.77. The van der Waals surface area contributed by atoms with Crippen LogP contribution in [0.2, 0.25) is 0 Å². The number of nitrogens with zero attached hydrogens (tertiary/aromatic N) is 2. The summed E-state index contributed by atoms with van der Waals surface area (Å²) in [6, 6.07) is 0. The summed E-state index contributed by atoms with van der Waals surface area (Å²) in [5.41, 5.74) is -2.97. The van der Waals surface area contributed by atoms with Gasteiger partial charge in [-0.15, -0.1) is 0 Å². The molecular weight excluding hydrogens is 355 g/mol. The molecule has 0 radical (unpaired) electrons. The Balaban J connectivity index is 2.59. The normalized spacial score (nSPS) is 13.0. The molecule has 2 rings (SSSR count). The van der Waals surface area contributed by atoms with E-state index in [9.17, 15) is 18.3 Å². The molecule has 0 aliphatic rings. The Morgan fingerprint density at radius 1 is 1.00 bits per heavy atom. The van der Waals surface area contributed by atoms with E-state index in [2.05, 4.69) is 9.97 Å². The molecule has 16 heavy (non-hydrogen) atoms. The van der Waals surface area contributed by atoms with Crippen LogP contribution in [0.3, 0.4) is 0 Å². The molecule has 0 aliphatic carbocycles. The van der Waals surface area contributed by atoms with Crippen molar-refractivity contribution >= 4 is 29.0 Å². The van der Waals surface area contributed by atoms with Crippen molar-refractivity contribution in [3.05, 3.63) is 31.4 Å². The van der Waals surface area contributed by atoms with E-state index < -0.39 is 40.8 Å². The molecule has 0 aliphatic heterocycles. The van der Waals surface area contributed by atoms with Crippen molar-refractivity contribution in [3.8, 4) is 0 Å². The first-order valence-electron chi connectivity index (χ1n) is 4.05. The molecule has 0 bridgehead atoms. The van der Waals surface area contributed by atoms with Crippen molar-refractivity contribution in [3.63, 3.8) is 0 Å². The van der Waals surface area contributed by atoms with Crippen molar-refractivity contribution in [1.29, 1.82) is 0 Å². The zero-order chi connectivity index (χ0) is 11.8. The van der Waals surface area contributed by atoms with Crippen molar-refractivity contribution in [2.24, 2.45) is 0 Å². The molecule has 0 unspecified atom stereocenters. The molecule has 0 atom stereocenters. The SMILES string of the molecule is OC(c1ncc[se]1)(c1ncc[se]1)C(F)(F)F. The second kappa shape index (κ2) is 4.13. The average molecular weight is 360 g/mol. The Morgan fingerprint density at radius 2 is 1.44 bits per heavy atom. The summed E-state index contributed by atoms with van der Waals surface area (Å²) in [5, 5.41) is 9.91. The van der Waals surface area contributed by atoms with Gasteiger partial charge in [0, 0.05) is 0 Å². The van der Waals surface area contributed by atoms with Gasteiger partial charge in [-0.05, 0) is 0 Å². The number of alkyl halides is 3. The van der Waals surface area contributed by atoms with Gasteiger partial charge >= 0.3 is 100 Å². The topological polar surface area (TPSA) is 46.0 Å². The van der Waals surface area contributed by atoms with E-state index in [0.29, 0.717) is 0 Å². The number of hydrogen-bond donors (Lipinski definition) is 1. The van der Waals surface area contributed by atoms with Crippen LogP contribution in [0.5, 0.6) is 0 Å². The molecule has 86 valence electrons. The maximum atomic E-state index is 13.0. The summed E-state index contributed by atoms with van der Waals surface area (Å²) in [4.78, 5) is 10.3. The van der Waals surface area contributed by atoms with Crippen molar-refractivity contribution < 1.29 is 18.3 Å². The van der Waals surface area contributed by atoms with Gasteiger partial charge in [0.2, 0.25) is 0 Å². The second-order valence-electron chi connectivity index (χ2n) is 2.88. The molecular formula is C8H5F3N2OSe2. The van der Waals surface area contributed by atoms with Crippen LogP contribution in [0.4, 0.5) is 13.2 Å². The summed E-state index contributed by atoms with van der Waals surface area (Å²) in [6.07, 6.45) is -2.18. The fraction of sp³-hybridized carbons (Fsp3) is 0.250. The zero-order valence-electron chi connectivity index (χ0n) is 7.60. The van der Waals surface area contributed by atoms with Gasteiger partial charge < -0.3 is 0 Å². The van der Waals surface area contributed by atoms with Crippen LogP contribution in [0.1, 0.15) is 9.14 Å². The number of aliphatic hydroxyl groups is 1. The Kier molecular flexibility index (Phi) is 3.11. The van der Waals surface area contributed by atoms with Gasteiger partial charge in [0.05, 0.1) is 0 Å². The zero-order valence-corrected chi connectivity index (χ0v) is 11.0. The Morgan fingerprint density at radius 3 is 1.69 bits per heavy atom. The first-order valence-corrected chi connectivity index (χ1v) is 7.74. The fourth-order valence-corrected chi connectivity index (χ4v) is 4.64. The Labute approximate surface area is 100 Å². The number of rotatable bonds is 2. The molecule has 0 amide bonds. The van der Waals surface area contributed by atoms with Crippen molar-refractivity contribution in [1.82, 2.24) is 9.97 Å². The van der Waals surface area contributed by atoms with E-state index in [1.54, 1.807) is 0 Å². The van der Waals surface area contributed by atoms with Crippen molar-refractivity contribution in [2.75, 3.05) is 0 Å². The van der Waals surface area contributed by atoms with Gasteiger partial charge in [-0.1, -0.05) is 0 Å². The van der Waals surface area contributed by atoms with Gasteiger partial charge in [0.25, 0.3) is 0 Å². The minimum absolute atomic E-state index is 0.239. The van der Waals surface area contributed by atoms with Crippen LogP contribution in [-0.2, 0) is 5.60 Å². The van der Waals surface area contributed by atoms with E-state index in [-0.39, 0.29) is 9.14 Å². The third-order valence-electron chi connectivity index (χ3n) is 1.89. The molecule has 3 nitrogen and oxygen atoms in total. The molecule has 2 aromatic heterocycles. The molecule has 0 fully saturated rings. The molecule has 0 aromatic carbocycles. The van der Waals surface area contributed by atoms with Crippen LogP contribution in [0.25, 0.3) is 0 Å². The third-order valence-corrected chi connectivity index (χ3v) is 5.59. The summed E-state index contributed by atoms with van der Waals surface area (Å²) >= 11 is -1.13. The van der Waals surface area contributed by atoms with Crippen LogP contribution < -0.4 is 0 Å². The predicted molar refractivity (Wildman–Crippen MR) is 51.4 cm³/mol. The molecule has 8 heteroatoms. The van der Waals surface area contributed by atoms with Gasteiger partial charge in [0.1, 0.15) is 0 Å². The number of hydrogen-bond acceptors (Lipinski definition) is 3. The first-order chi connectivity index (χ1) is 7.46. The summed E-state index contributed by atoms with van der Waals surface area (Å²) in [6.45, 7) is 0. The average Bonchev–Trinajstić information content (AvgIpc) is 2.88. The van der Waals surface area contributed by atoms with Crippen LogP contribution in [0.15, 0.2) is 22.3 Å². The van der Waals surface area contributed by atoms with Crippen molar-refractivity contribution in [2.45, 2.75) is 11.8 Å². The number of aromatic nitrogens is 2. The van der Waals surface area contributed by atoms with Gasteiger partial charge in [0.15, 0.2) is 0 Å². The first kappa shape index (κ1) is 12.1. The molecule has 1 N–H and O–H groups in total. The predicted octanol–water partition coefficient (Wildman–Crippen LogP) is 0.389. The monoisotopic (exact) mass is 362 g/mol. The van der Waals surface area contributed by atoms with Crippen LogP contribution in [0, 0.1) is 0 Å². The standard InChI is InChI=1S/C8H5F3N2OSe2/c9-8(10,11)7(14,5-12-1-3-15-5)6-13-2-4-16-6/h1-4,14H. The van der Waals surface area contributed by atoms with Gasteiger partial charge in [-0.3, -0.25) is 0 Å². The van der Waals surface area contributed by atoms with Gasteiger partial charge in [-0.2, -0.15) is 0 Å². The summed E-state index contributed by atoms with van der Waals surface area (Å²) in [5.74, 6) is 0. The molecule has 2 aromatic rings. The van der Waals surface area contributed by atoms with E-state index in [4.69, 9.17) is 0 Å². The molecule has 0 saturated heterocycles.